The molecule has 0 radical (unpaired) electrons. The summed E-state index contributed by atoms with van der Waals surface area (Å²) < 4.78 is 6.35. The number of hydrogen-bond donors (Lipinski definition) is 2. The largest absolute Gasteiger partial charge is 0.394 e. The molecule has 14 heavy (non-hydrogen) atoms. The Morgan fingerprint density at radius 1 is 1.57 bits per heavy atom. The topological polar surface area (TPSA) is 55.5 Å². The van der Waals surface area contributed by atoms with Crippen LogP contribution in [-0.4, -0.2) is 18.3 Å². The predicted octanol–water partition coefficient (Wildman–Crippen LogP) is 1.13. The first-order valence-electron chi connectivity index (χ1n) is 4.42. The Balaban J connectivity index is 2.50. The average molecular weight is 258 g/mol. The third-order valence-corrected chi connectivity index (χ3v) is 3.00. The van der Waals surface area contributed by atoms with Gasteiger partial charge in [-0.2, -0.15) is 0 Å². The van der Waals surface area contributed by atoms with Crippen LogP contribution < -0.4 is 5.73 Å². The molecule has 0 fully saturated rings. The Morgan fingerprint density at radius 3 is 3.07 bits per heavy atom. The summed E-state index contributed by atoms with van der Waals surface area (Å²) in [6.45, 7) is 0.841. The van der Waals surface area contributed by atoms with Crippen LogP contribution >= 0.6 is 15.9 Å². The van der Waals surface area contributed by atoms with Gasteiger partial charge in [0.15, 0.2) is 0 Å². The van der Waals surface area contributed by atoms with E-state index in [4.69, 9.17) is 10.5 Å². The Labute approximate surface area is 91.0 Å². The molecule has 4 heteroatoms. The highest BCUT2D eigenvalue weighted by molar-refractivity contribution is 9.10. The Hall–Kier alpha value is -0.420. The van der Waals surface area contributed by atoms with Crippen LogP contribution in [0.4, 0.5) is 0 Å². The first-order valence-corrected chi connectivity index (χ1v) is 5.21. The van der Waals surface area contributed by atoms with Crippen molar-refractivity contribution < 1.29 is 9.84 Å². The third-order valence-electron chi connectivity index (χ3n) is 2.50. The molecule has 1 aromatic carbocycles. The van der Waals surface area contributed by atoms with Crippen molar-refractivity contribution >= 4 is 15.9 Å². The van der Waals surface area contributed by atoms with Crippen LogP contribution in [0.25, 0.3) is 0 Å². The van der Waals surface area contributed by atoms with Crippen LogP contribution in [-0.2, 0) is 16.9 Å². The van der Waals surface area contributed by atoms with E-state index >= 15 is 0 Å². The standard InChI is InChI=1S/C10H12BrNO2/c11-8-1-2-9-7(3-8)4-14-6-10(9,12)5-13/h1-3,13H,4-6,12H2. The molecule has 76 valence electrons. The first kappa shape index (κ1) is 10.1. The second kappa shape index (κ2) is 3.62. The molecule has 0 spiro atoms. The number of fused-ring (bicyclic) bond motifs is 1. The number of aliphatic hydroxyl groups is 1. The van der Waals surface area contributed by atoms with E-state index in [1.807, 2.05) is 18.2 Å². The lowest BCUT2D eigenvalue weighted by molar-refractivity contribution is 0.0262. The molecule has 2 rings (SSSR count). The Bertz CT molecular complexity index is 356. The molecule has 0 aliphatic carbocycles. The van der Waals surface area contributed by atoms with Crippen LogP contribution in [0.15, 0.2) is 22.7 Å². The van der Waals surface area contributed by atoms with Crippen molar-refractivity contribution in [2.24, 2.45) is 5.73 Å². The van der Waals surface area contributed by atoms with E-state index in [1.165, 1.54) is 0 Å². The van der Waals surface area contributed by atoms with Gasteiger partial charge in [0.1, 0.15) is 0 Å². The lowest BCUT2D eigenvalue weighted by Gasteiger charge is -2.33. The molecule has 0 saturated carbocycles. The fraction of sp³-hybridized carbons (Fsp3) is 0.400. The van der Waals surface area contributed by atoms with Gasteiger partial charge in [-0.1, -0.05) is 22.0 Å². The monoisotopic (exact) mass is 257 g/mol. The zero-order valence-corrected chi connectivity index (χ0v) is 9.25. The molecule has 0 bridgehead atoms. The molecule has 3 nitrogen and oxygen atoms in total. The van der Waals surface area contributed by atoms with Gasteiger partial charge in [0.2, 0.25) is 0 Å². The molecular formula is C10H12BrNO2. The molecule has 1 unspecified atom stereocenters. The number of aliphatic hydroxyl groups excluding tert-OH is 1. The van der Waals surface area contributed by atoms with Crippen LogP contribution in [0.5, 0.6) is 0 Å². The maximum Gasteiger partial charge on any atom is 0.0884 e. The van der Waals surface area contributed by atoms with Crippen LogP contribution in [0.1, 0.15) is 11.1 Å². The van der Waals surface area contributed by atoms with Crippen molar-refractivity contribution in [3.05, 3.63) is 33.8 Å². The van der Waals surface area contributed by atoms with Gasteiger partial charge in [0.25, 0.3) is 0 Å². The molecular weight excluding hydrogens is 246 g/mol. The molecule has 0 saturated heterocycles. The van der Waals surface area contributed by atoms with Crippen molar-refractivity contribution in [2.45, 2.75) is 12.1 Å². The van der Waals surface area contributed by atoms with Gasteiger partial charge in [-0.3, -0.25) is 0 Å². The van der Waals surface area contributed by atoms with E-state index in [9.17, 15) is 5.11 Å². The third kappa shape index (κ3) is 1.59. The van der Waals surface area contributed by atoms with Gasteiger partial charge in [-0.25, -0.2) is 0 Å². The van der Waals surface area contributed by atoms with Crippen LogP contribution in [0.2, 0.25) is 0 Å². The highest BCUT2D eigenvalue weighted by Gasteiger charge is 2.32. The van der Waals surface area contributed by atoms with E-state index in [2.05, 4.69) is 15.9 Å². The lowest BCUT2D eigenvalue weighted by atomic mass is 9.87. The van der Waals surface area contributed by atoms with Crippen LogP contribution in [0, 0.1) is 0 Å². The number of nitrogens with two attached hydrogens (primary N) is 1. The molecule has 1 aromatic rings. The molecule has 3 N–H and O–H groups in total. The van der Waals surface area contributed by atoms with Crippen molar-refractivity contribution in [2.75, 3.05) is 13.2 Å². The maximum absolute atomic E-state index is 9.25. The van der Waals surface area contributed by atoms with Crippen molar-refractivity contribution in [3.8, 4) is 0 Å². The molecule has 0 aromatic heterocycles. The summed E-state index contributed by atoms with van der Waals surface area (Å²) >= 11 is 3.39. The second-order valence-corrected chi connectivity index (χ2v) is 4.52. The number of hydrogen-bond acceptors (Lipinski definition) is 3. The highest BCUT2D eigenvalue weighted by Crippen LogP contribution is 2.29. The predicted molar refractivity (Wildman–Crippen MR) is 56.7 cm³/mol. The van der Waals surface area contributed by atoms with E-state index in [1.54, 1.807) is 0 Å². The molecule has 1 heterocycles. The summed E-state index contributed by atoms with van der Waals surface area (Å²) in [5.74, 6) is 0. The van der Waals surface area contributed by atoms with Gasteiger partial charge < -0.3 is 15.6 Å². The fourth-order valence-electron chi connectivity index (χ4n) is 1.72. The quantitative estimate of drug-likeness (QED) is 0.793. The summed E-state index contributed by atoms with van der Waals surface area (Å²) in [5, 5.41) is 9.25. The Morgan fingerprint density at radius 2 is 2.36 bits per heavy atom. The summed E-state index contributed by atoms with van der Waals surface area (Å²) in [6, 6.07) is 5.85. The van der Waals surface area contributed by atoms with E-state index in [0.29, 0.717) is 13.2 Å². The minimum Gasteiger partial charge on any atom is -0.394 e. The fourth-order valence-corrected chi connectivity index (χ4v) is 2.13. The number of rotatable bonds is 1. The molecule has 0 amide bonds. The van der Waals surface area contributed by atoms with E-state index in [0.717, 1.165) is 15.6 Å². The van der Waals surface area contributed by atoms with Crippen molar-refractivity contribution in [3.63, 3.8) is 0 Å². The SMILES string of the molecule is NC1(CO)COCc2cc(Br)ccc21. The summed E-state index contributed by atoms with van der Waals surface area (Å²) in [4.78, 5) is 0. The average Bonchev–Trinajstić information content (AvgIpc) is 2.18. The van der Waals surface area contributed by atoms with Gasteiger partial charge in [0, 0.05) is 4.47 Å². The van der Waals surface area contributed by atoms with Gasteiger partial charge in [-0.15, -0.1) is 0 Å². The lowest BCUT2D eigenvalue weighted by Crippen LogP contribution is -2.47. The first-order chi connectivity index (χ1) is 6.65. The van der Waals surface area contributed by atoms with Gasteiger partial charge in [-0.05, 0) is 23.3 Å². The van der Waals surface area contributed by atoms with Gasteiger partial charge in [0.05, 0.1) is 25.4 Å². The Kier molecular flexibility index (Phi) is 2.62. The van der Waals surface area contributed by atoms with Crippen molar-refractivity contribution in [1.29, 1.82) is 0 Å². The number of halogens is 1. The van der Waals surface area contributed by atoms with Crippen molar-refractivity contribution in [1.82, 2.24) is 0 Å². The molecule has 1 aliphatic heterocycles. The summed E-state index contributed by atoms with van der Waals surface area (Å²) in [6.07, 6.45) is 0. The summed E-state index contributed by atoms with van der Waals surface area (Å²) in [7, 11) is 0. The second-order valence-electron chi connectivity index (χ2n) is 3.61. The zero-order valence-electron chi connectivity index (χ0n) is 7.66. The molecule has 1 aliphatic rings. The van der Waals surface area contributed by atoms with E-state index in [-0.39, 0.29) is 6.61 Å². The van der Waals surface area contributed by atoms with Gasteiger partial charge >= 0.3 is 0 Å². The van der Waals surface area contributed by atoms with E-state index < -0.39 is 5.54 Å². The number of ether oxygens (including phenoxy) is 1. The number of benzene rings is 1. The highest BCUT2D eigenvalue weighted by atomic mass is 79.9. The maximum atomic E-state index is 9.25. The normalized spacial score (nSPS) is 25.9. The minimum absolute atomic E-state index is 0.0956. The zero-order chi connectivity index (χ0) is 10.2. The van der Waals surface area contributed by atoms with Crippen LogP contribution in [0.3, 0.4) is 0 Å². The smallest absolute Gasteiger partial charge is 0.0884 e. The minimum atomic E-state index is -0.742. The molecule has 1 atom stereocenters. The summed E-state index contributed by atoms with van der Waals surface area (Å²) in [5.41, 5.74) is 7.31.